The molecule has 0 saturated carbocycles. The number of likely N-dealkylation sites (tertiary alicyclic amines) is 1. The number of aryl methyl sites for hydroxylation is 2. The molecule has 0 amide bonds. The Bertz CT molecular complexity index is 868. The van der Waals surface area contributed by atoms with E-state index in [-0.39, 0.29) is 28.8 Å². The minimum absolute atomic E-state index is 0.0491. The maximum Gasteiger partial charge on any atom is 0.416 e. The highest BCUT2D eigenvalue weighted by Gasteiger charge is 2.32. The van der Waals surface area contributed by atoms with Crippen LogP contribution in [0.25, 0.3) is 11.3 Å². The summed E-state index contributed by atoms with van der Waals surface area (Å²) in [6.07, 6.45) is -4.44. The van der Waals surface area contributed by atoms with E-state index in [0.29, 0.717) is 24.7 Å². The first-order chi connectivity index (χ1) is 13.6. The van der Waals surface area contributed by atoms with Crippen molar-refractivity contribution in [3.8, 4) is 17.0 Å². The van der Waals surface area contributed by atoms with Crippen molar-refractivity contribution in [1.29, 1.82) is 0 Å². The number of rotatable bonds is 4. The van der Waals surface area contributed by atoms with E-state index in [4.69, 9.17) is 0 Å². The van der Waals surface area contributed by atoms with Crippen LogP contribution in [0.2, 0.25) is 0 Å². The number of hydrogen-bond donors (Lipinski definition) is 3. The zero-order valence-corrected chi connectivity index (χ0v) is 16.5. The Balaban J connectivity index is 1.85. The summed E-state index contributed by atoms with van der Waals surface area (Å²) >= 11 is 0. The number of piperidine rings is 1. The van der Waals surface area contributed by atoms with E-state index in [9.17, 15) is 23.4 Å². The third-order valence-electron chi connectivity index (χ3n) is 5.02. The van der Waals surface area contributed by atoms with E-state index in [1.807, 2.05) is 6.92 Å². The van der Waals surface area contributed by atoms with Gasteiger partial charge in [-0.2, -0.15) is 13.2 Å². The highest BCUT2D eigenvalue weighted by Crippen LogP contribution is 2.39. The molecule has 10 heteroatoms. The first-order valence-electron chi connectivity index (χ1n) is 9.38. The molecule has 158 valence electrons. The molecule has 1 aliphatic rings. The molecule has 2 atom stereocenters. The van der Waals surface area contributed by atoms with Gasteiger partial charge in [0.1, 0.15) is 11.4 Å². The number of nitrogens with one attached hydrogen (secondary N) is 1. The molecule has 1 fully saturated rings. The van der Waals surface area contributed by atoms with Gasteiger partial charge in [0.2, 0.25) is 5.95 Å². The first kappa shape index (κ1) is 21.3. The predicted octanol–water partition coefficient (Wildman–Crippen LogP) is 2.75. The van der Waals surface area contributed by atoms with Crippen molar-refractivity contribution in [2.75, 3.05) is 25.0 Å². The molecule has 0 unspecified atom stereocenters. The summed E-state index contributed by atoms with van der Waals surface area (Å²) in [5.74, 6) is -0.253. The number of nitrogens with zero attached hydrogens (tertiary/aromatic N) is 4. The van der Waals surface area contributed by atoms with Crippen LogP contribution in [0.1, 0.15) is 30.2 Å². The number of alkyl halides is 3. The van der Waals surface area contributed by atoms with Crippen LogP contribution >= 0.6 is 0 Å². The van der Waals surface area contributed by atoms with Crippen LogP contribution in [0.15, 0.2) is 12.1 Å². The fourth-order valence-corrected chi connectivity index (χ4v) is 3.64. The number of aliphatic hydroxyl groups excluding tert-OH is 1. The monoisotopic (exact) mass is 411 g/mol. The van der Waals surface area contributed by atoms with Crippen LogP contribution in [-0.4, -0.2) is 62.1 Å². The van der Waals surface area contributed by atoms with Crippen molar-refractivity contribution < 1.29 is 23.4 Å². The maximum atomic E-state index is 12.9. The number of phenolic OH excluding ortho intramolecular Hbond substituents is 1. The lowest BCUT2D eigenvalue weighted by Gasteiger charge is -2.35. The van der Waals surface area contributed by atoms with Crippen molar-refractivity contribution >= 4 is 5.95 Å². The smallest absolute Gasteiger partial charge is 0.416 e. The van der Waals surface area contributed by atoms with Gasteiger partial charge in [-0.25, -0.2) is 4.98 Å². The molecule has 3 N–H and O–H groups in total. The largest absolute Gasteiger partial charge is 0.507 e. The van der Waals surface area contributed by atoms with E-state index in [1.54, 1.807) is 6.92 Å². The molecule has 1 aromatic heterocycles. The third kappa shape index (κ3) is 4.76. The number of β-amino-alcohol motifs (C(OH)–C–C–N with tert-alkyl or cyclic N) is 1. The van der Waals surface area contributed by atoms with Gasteiger partial charge in [0.25, 0.3) is 0 Å². The normalized spacial score (nSPS) is 20.7. The maximum absolute atomic E-state index is 12.9. The first-order valence-corrected chi connectivity index (χ1v) is 9.38. The lowest BCUT2D eigenvalue weighted by atomic mass is 9.99. The van der Waals surface area contributed by atoms with E-state index in [0.717, 1.165) is 19.2 Å². The Labute approximate surface area is 166 Å². The Hall–Kier alpha value is -2.46. The summed E-state index contributed by atoms with van der Waals surface area (Å²) in [6, 6.07) is 1.59. The number of anilines is 1. The fourth-order valence-electron chi connectivity index (χ4n) is 3.64. The second-order valence-corrected chi connectivity index (χ2v) is 7.34. The Morgan fingerprint density at radius 2 is 1.93 bits per heavy atom. The van der Waals surface area contributed by atoms with Gasteiger partial charge in [0, 0.05) is 24.7 Å². The molecule has 0 aliphatic carbocycles. The molecule has 0 spiro atoms. The van der Waals surface area contributed by atoms with Crippen LogP contribution in [0.3, 0.4) is 0 Å². The summed E-state index contributed by atoms with van der Waals surface area (Å²) in [7, 11) is 0. The van der Waals surface area contributed by atoms with Gasteiger partial charge < -0.3 is 15.5 Å². The lowest BCUT2D eigenvalue weighted by Crippen LogP contribution is -2.48. The topological polar surface area (TPSA) is 94.4 Å². The Kier molecular flexibility index (Phi) is 5.95. The number of hydrogen-bond acceptors (Lipinski definition) is 7. The highest BCUT2D eigenvalue weighted by molar-refractivity contribution is 5.72. The van der Waals surface area contributed by atoms with Crippen LogP contribution in [0.4, 0.5) is 19.1 Å². The van der Waals surface area contributed by atoms with Crippen molar-refractivity contribution in [1.82, 2.24) is 20.1 Å². The number of aliphatic hydroxyl groups is 1. The second-order valence-electron chi connectivity index (χ2n) is 7.34. The van der Waals surface area contributed by atoms with Crippen LogP contribution in [0, 0.1) is 13.8 Å². The molecule has 29 heavy (non-hydrogen) atoms. The number of likely N-dealkylation sites (N-methyl/N-ethyl adjacent to an activating group) is 1. The van der Waals surface area contributed by atoms with E-state index >= 15 is 0 Å². The van der Waals surface area contributed by atoms with Gasteiger partial charge in [-0.1, -0.05) is 6.92 Å². The van der Waals surface area contributed by atoms with Gasteiger partial charge in [0.15, 0.2) is 0 Å². The van der Waals surface area contributed by atoms with Crippen LogP contribution in [0.5, 0.6) is 5.75 Å². The number of halogens is 3. The molecular formula is C19H24F3N5O2. The summed E-state index contributed by atoms with van der Waals surface area (Å²) in [6.45, 7) is 7.32. The molecule has 0 bridgehead atoms. The zero-order valence-electron chi connectivity index (χ0n) is 16.5. The minimum Gasteiger partial charge on any atom is -0.507 e. The molecule has 1 aliphatic heterocycles. The highest BCUT2D eigenvalue weighted by atomic mass is 19.4. The molecule has 7 nitrogen and oxygen atoms in total. The molecule has 3 rings (SSSR count). The van der Waals surface area contributed by atoms with Gasteiger partial charge in [-0.15, -0.1) is 10.2 Å². The average Bonchev–Trinajstić information content (AvgIpc) is 2.61. The minimum atomic E-state index is -4.55. The SMILES string of the molecule is CCN1C[C@@H](O)C[C@@H](Nc2nnc(-c3c(C)cc(C(F)(F)F)cc3O)c(C)n2)C1. The lowest BCUT2D eigenvalue weighted by molar-refractivity contribution is -0.137. The Morgan fingerprint density at radius 3 is 2.52 bits per heavy atom. The summed E-state index contributed by atoms with van der Waals surface area (Å²) in [5.41, 5.74) is 0.116. The molecular weight excluding hydrogens is 387 g/mol. The number of aromatic nitrogens is 3. The molecule has 0 radical (unpaired) electrons. The number of aromatic hydroxyl groups is 1. The van der Waals surface area contributed by atoms with Crippen LogP contribution in [-0.2, 0) is 6.18 Å². The predicted molar refractivity (Wildman–Crippen MR) is 102 cm³/mol. The summed E-state index contributed by atoms with van der Waals surface area (Å²) in [4.78, 5) is 6.47. The van der Waals surface area contributed by atoms with Crippen molar-refractivity contribution in [2.24, 2.45) is 0 Å². The van der Waals surface area contributed by atoms with E-state index < -0.39 is 23.6 Å². The third-order valence-corrected chi connectivity index (χ3v) is 5.02. The van der Waals surface area contributed by atoms with E-state index in [1.165, 1.54) is 6.92 Å². The van der Waals surface area contributed by atoms with Gasteiger partial charge in [-0.05, 0) is 44.5 Å². The summed E-state index contributed by atoms with van der Waals surface area (Å²) in [5, 5.41) is 31.5. The molecule has 1 saturated heterocycles. The second kappa shape index (κ2) is 8.11. The average molecular weight is 411 g/mol. The Morgan fingerprint density at radius 1 is 1.21 bits per heavy atom. The molecule has 1 aromatic carbocycles. The number of benzene rings is 1. The standard InChI is InChI=1S/C19H24F3N5O2/c1-4-27-8-13(7-14(28)9-27)24-18-23-11(3)17(25-26-18)16-10(2)5-12(6-15(16)29)19(20,21)22/h5-6,13-14,28-29H,4,7-9H2,1-3H3,(H,23,24,26)/t13-,14+/m1/s1. The van der Waals surface area contributed by atoms with Gasteiger partial charge in [0.05, 0.1) is 17.4 Å². The quantitative estimate of drug-likeness (QED) is 0.712. The fraction of sp³-hybridized carbons (Fsp3) is 0.526. The van der Waals surface area contributed by atoms with Crippen molar-refractivity contribution in [2.45, 2.75) is 45.5 Å². The zero-order chi connectivity index (χ0) is 21.3. The van der Waals surface area contributed by atoms with Crippen LogP contribution < -0.4 is 5.32 Å². The number of phenols is 1. The molecule has 2 aromatic rings. The van der Waals surface area contributed by atoms with Gasteiger partial charge in [-0.3, -0.25) is 4.90 Å². The molecule has 2 heterocycles. The van der Waals surface area contributed by atoms with Crippen molar-refractivity contribution in [3.05, 3.63) is 29.0 Å². The van der Waals surface area contributed by atoms with Gasteiger partial charge >= 0.3 is 6.18 Å². The summed E-state index contributed by atoms with van der Waals surface area (Å²) < 4.78 is 38.8. The van der Waals surface area contributed by atoms with Crippen molar-refractivity contribution in [3.63, 3.8) is 0 Å². The van der Waals surface area contributed by atoms with E-state index in [2.05, 4.69) is 25.4 Å².